The molecular formula is C16H11BrClNO. The van der Waals surface area contributed by atoms with E-state index in [9.17, 15) is 4.79 Å². The van der Waals surface area contributed by atoms with Gasteiger partial charge in [-0.2, -0.15) is 0 Å². The smallest absolute Gasteiger partial charge is 0.195 e. The summed E-state index contributed by atoms with van der Waals surface area (Å²) < 4.78 is 0.898. The Labute approximate surface area is 129 Å². The summed E-state index contributed by atoms with van der Waals surface area (Å²) in [7, 11) is 0. The van der Waals surface area contributed by atoms with Gasteiger partial charge in [0.15, 0.2) is 5.78 Å². The van der Waals surface area contributed by atoms with Crippen molar-refractivity contribution in [3.63, 3.8) is 0 Å². The van der Waals surface area contributed by atoms with Crippen molar-refractivity contribution in [3.05, 3.63) is 68.8 Å². The highest BCUT2D eigenvalue weighted by Crippen LogP contribution is 2.26. The van der Waals surface area contributed by atoms with Gasteiger partial charge in [0.25, 0.3) is 0 Å². The van der Waals surface area contributed by atoms with Crippen LogP contribution in [0.1, 0.15) is 21.5 Å². The van der Waals surface area contributed by atoms with E-state index in [0.29, 0.717) is 16.1 Å². The maximum Gasteiger partial charge on any atom is 0.195 e. The Morgan fingerprint density at radius 2 is 1.95 bits per heavy atom. The fourth-order valence-corrected chi connectivity index (χ4v) is 2.80. The molecule has 4 heteroatoms. The molecule has 0 saturated carbocycles. The minimum Gasteiger partial charge on any atom is -0.360 e. The van der Waals surface area contributed by atoms with Crippen LogP contribution in [0.25, 0.3) is 10.9 Å². The molecule has 0 aliphatic rings. The third-order valence-corrected chi connectivity index (χ3v) is 4.06. The summed E-state index contributed by atoms with van der Waals surface area (Å²) in [5, 5.41) is 1.54. The van der Waals surface area contributed by atoms with Gasteiger partial charge in [-0.3, -0.25) is 4.79 Å². The Kier molecular flexibility index (Phi) is 3.40. The lowest BCUT2D eigenvalue weighted by Gasteiger charge is -2.05. The van der Waals surface area contributed by atoms with E-state index in [0.717, 1.165) is 20.9 Å². The Morgan fingerprint density at radius 1 is 1.15 bits per heavy atom. The maximum absolute atomic E-state index is 12.7. The van der Waals surface area contributed by atoms with E-state index >= 15 is 0 Å². The zero-order valence-electron chi connectivity index (χ0n) is 10.7. The van der Waals surface area contributed by atoms with Gasteiger partial charge in [-0.05, 0) is 36.8 Å². The second kappa shape index (κ2) is 5.08. The number of hydrogen-bond donors (Lipinski definition) is 1. The first kappa shape index (κ1) is 13.4. The third kappa shape index (κ3) is 2.28. The van der Waals surface area contributed by atoms with Crippen LogP contribution < -0.4 is 0 Å². The largest absolute Gasteiger partial charge is 0.360 e. The molecule has 0 radical (unpaired) electrons. The molecule has 3 aromatic rings. The number of carbonyl (C=O) groups is 1. The number of aromatic nitrogens is 1. The van der Waals surface area contributed by atoms with Gasteiger partial charge < -0.3 is 4.98 Å². The SMILES string of the molecule is Cc1ccc(Br)cc1C(=O)c1c[nH]c2cc(Cl)ccc12. The van der Waals surface area contributed by atoms with Gasteiger partial charge in [-0.15, -0.1) is 0 Å². The molecule has 0 amide bonds. The maximum atomic E-state index is 12.7. The van der Waals surface area contributed by atoms with Crippen molar-refractivity contribution in [2.75, 3.05) is 0 Å². The standard InChI is InChI=1S/C16H11BrClNO/c1-9-2-3-10(17)6-13(9)16(20)14-8-19-15-7-11(18)4-5-12(14)15/h2-8,19H,1H3. The van der Waals surface area contributed by atoms with E-state index in [-0.39, 0.29) is 5.78 Å². The lowest BCUT2D eigenvalue weighted by atomic mass is 9.99. The summed E-state index contributed by atoms with van der Waals surface area (Å²) in [4.78, 5) is 15.8. The summed E-state index contributed by atoms with van der Waals surface area (Å²) in [6, 6.07) is 11.2. The van der Waals surface area contributed by atoms with Crippen LogP contribution in [-0.4, -0.2) is 10.8 Å². The molecule has 2 aromatic carbocycles. The first-order valence-corrected chi connectivity index (χ1v) is 7.31. The van der Waals surface area contributed by atoms with Gasteiger partial charge in [-0.1, -0.05) is 39.7 Å². The zero-order chi connectivity index (χ0) is 14.3. The van der Waals surface area contributed by atoms with Crippen LogP contribution in [0.5, 0.6) is 0 Å². The second-order valence-corrected chi connectivity index (χ2v) is 6.03. The molecular weight excluding hydrogens is 338 g/mol. The highest BCUT2D eigenvalue weighted by Gasteiger charge is 2.16. The molecule has 1 heterocycles. The van der Waals surface area contributed by atoms with E-state index in [1.54, 1.807) is 12.3 Å². The minimum absolute atomic E-state index is 0.0115. The van der Waals surface area contributed by atoms with Crippen LogP contribution in [0.15, 0.2) is 47.1 Å². The summed E-state index contributed by atoms with van der Waals surface area (Å²) >= 11 is 9.37. The topological polar surface area (TPSA) is 32.9 Å². The minimum atomic E-state index is 0.0115. The summed E-state index contributed by atoms with van der Waals surface area (Å²) in [5.41, 5.74) is 3.20. The Morgan fingerprint density at radius 3 is 2.75 bits per heavy atom. The van der Waals surface area contributed by atoms with Crippen molar-refractivity contribution in [1.29, 1.82) is 0 Å². The normalized spacial score (nSPS) is 10.9. The van der Waals surface area contributed by atoms with Crippen LogP contribution in [0.4, 0.5) is 0 Å². The first-order chi connectivity index (χ1) is 9.56. The fraction of sp³-hybridized carbons (Fsp3) is 0.0625. The number of carbonyl (C=O) groups excluding carboxylic acids is 1. The number of nitrogens with one attached hydrogen (secondary N) is 1. The van der Waals surface area contributed by atoms with Crippen molar-refractivity contribution < 1.29 is 4.79 Å². The van der Waals surface area contributed by atoms with Gasteiger partial charge in [0, 0.05) is 37.7 Å². The molecule has 0 aliphatic heterocycles. The number of ketones is 1. The molecule has 100 valence electrons. The zero-order valence-corrected chi connectivity index (χ0v) is 13.0. The van der Waals surface area contributed by atoms with Crippen molar-refractivity contribution in [3.8, 4) is 0 Å². The van der Waals surface area contributed by atoms with Gasteiger partial charge in [0.05, 0.1) is 0 Å². The molecule has 0 bridgehead atoms. The molecule has 2 nitrogen and oxygen atoms in total. The van der Waals surface area contributed by atoms with Gasteiger partial charge in [0.1, 0.15) is 0 Å². The van der Waals surface area contributed by atoms with Crippen molar-refractivity contribution >= 4 is 44.2 Å². The molecule has 3 rings (SSSR count). The number of aryl methyl sites for hydroxylation is 1. The van der Waals surface area contributed by atoms with E-state index in [1.165, 1.54) is 0 Å². The number of hydrogen-bond acceptors (Lipinski definition) is 1. The number of aromatic amines is 1. The number of rotatable bonds is 2. The Balaban J connectivity index is 2.15. The molecule has 0 saturated heterocycles. The van der Waals surface area contributed by atoms with Crippen LogP contribution in [0, 0.1) is 6.92 Å². The van der Waals surface area contributed by atoms with E-state index < -0.39 is 0 Å². The van der Waals surface area contributed by atoms with E-state index in [1.807, 2.05) is 37.3 Å². The van der Waals surface area contributed by atoms with Gasteiger partial charge >= 0.3 is 0 Å². The van der Waals surface area contributed by atoms with Crippen LogP contribution in [0.2, 0.25) is 5.02 Å². The summed E-state index contributed by atoms with van der Waals surface area (Å²) in [5.74, 6) is 0.0115. The highest BCUT2D eigenvalue weighted by atomic mass is 79.9. The molecule has 0 unspecified atom stereocenters. The Bertz CT molecular complexity index is 822. The van der Waals surface area contributed by atoms with Crippen molar-refractivity contribution in [2.24, 2.45) is 0 Å². The van der Waals surface area contributed by atoms with Crippen molar-refractivity contribution in [1.82, 2.24) is 4.98 Å². The quantitative estimate of drug-likeness (QED) is 0.640. The first-order valence-electron chi connectivity index (χ1n) is 6.14. The average molecular weight is 349 g/mol. The van der Waals surface area contributed by atoms with Crippen LogP contribution in [0.3, 0.4) is 0 Å². The summed E-state index contributed by atoms with van der Waals surface area (Å²) in [6.07, 6.45) is 1.74. The molecule has 0 atom stereocenters. The number of H-pyrrole nitrogens is 1. The summed E-state index contributed by atoms with van der Waals surface area (Å²) in [6.45, 7) is 1.94. The molecule has 0 aliphatic carbocycles. The van der Waals surface area contributed by atoms with Crippen LogP contribution in [-0.2, 0) is 0 Å². The fourth-order valence-electron chi connectivity index (χ4n) is 2.27. The van der Waals surface area contributed by atoms with Gasteiger partial charge in [-0.25, -0.2) is 0 Å². The number of halogens is 2. The predicted molar refractivity (Wildman–Crippen MR) is 85.6 cm³/mol. The van der Waals surface area contributed by atoms with E-state index in [2.05, 4.69) is 20.9 Å². The Hall–Kier alpha value is -1.58. The monoisotopic (exact) mass is 347 g/mol. The number of benzene rings is 2. The molecule has 20 heavy (non-hydrogen) atoms. The average Bonchev–Trinajstić information content (AvgIpc) is 2.83. The van der Waals surface area contributed by atoms with Crippen molar-refractivity contribution in [2.45, 2.75) is 6.92 Å². The lowest BCUT2D eigenvalue weighted by Crippen LogP contribution is -2.03. The lowest BCUT2D eigenvalue weighted by molar-refractivity contribution is 0.103. The predicted octanol–water partition coefficient (Wildman–Crippen LogP) is 5.12. The molecule has 0 fully saturated rings. The second-order valence-electron chi connectivity index (χ2n) is 4.68. The van der Waals surface area contributed by atoms with Gasteiger partial charge in [0.2, 0.25) is 0 Å². The molecule has 1 aromatic heterocycles. The third-order valence-electron chi connectivity index (χ3n) is 3.33. The highest BCUT2D eigenvalue weighted by molar-refractivity contribution is 9.10. The number of fused-ring (bicyclic) bond motifs is 1. The van der Waals surface area contributed by atoms with Crippen LogP contribution >= 0.6 is 27.5 Å². The molecule has 0 spiro atoms. The molecule has 1 N–H and O–H groups in total. The van der Waals surface area contributed by atoms with E-state index in [4.69, 9.17) is 11.6 Å².